The van der Waals surface area contributed by atoms with Crippen LogP contribution in [0.2, 0.25) is 5.02 Å². The topological polar surface area (TPSA) is 41.5 Å². The molecular weight excluding hydrogens is 337 g/mol. The summed E-state index contributed by atoms with van der Waals surface area (Å²) in [6, 6.07) is 2.61. The van der Waals surface area contributed by atoms with E-state index in [1.807, 2.05) is 20.8 Å². The van der Waals surface area contributed by atoms with Crippen LogP contribution < -0.4 is 10.1 Å². The Morgan fingerprint density at radius 1 is 1.47 bits per heavy atom. The van der Waals surface area contributed by atoms with Gasteiger partial charge in [-0.15, -0.1) is 0 Å². The Bertz CT molecular complexity index is 437. The molecule has 0 bridgehead atoms. The van der Waals surface area contributed by atoms with Crippen molar-refractivity contribution in [3.8, 4) is 5.75 Å². The van der Waals surface area contributed by atoms with Gasteiger partial charge >= 0.3 is 0 Å². The van der Waals surface area contributed by atoms with Crippen molar-refractivity contribution in [3.63, 3.8) is 0 Å². The average Bonchev–Trinajstić information content (AvgIpc) is 2.28. The predicted molar refractivity (Wildman–Crippen MR) is 78.4 cm³/mol. The Kier molecular flexibility index (Phi) is 6.05. The highest BCUT2D eigenvalue weighted by molar-refractivity contribution is 9.10. The first-order valence-electron chi connectivity index (χ1n) is 5.89. The van der Waals surface area contributed by atoms with Gasteiger partial charge in [-0.2, -0.15) is 0 Å². The van der Waals surface area contributed by atoms with Crippen LogP contribution in [-0.2, 0) is 0 Å². The Labute approximate surface area is 126 Å². The van der Waals surface area contributed by atoms with Gasteiger partial charge in [-0.25, -0.2) is 4.39 Å². The fourth-order valence-electron chi connectivity index (χ4n) is 1.28. The molecule has 108 valence electrons. The minimum Gasteiger partial charge on any atom is -0.490 e. The third-order valence-electron chi connectivity index (χ3n) is 2.27. The molecule has 0 aliphatic heterocycles. The smallest absolute Gasteiger partial charge is 0.145 e. The first kappa shape index (κ1) is 16.7. The van der Waals surface area contributed by atoms with Gasteiger partial charge in [0.15, 0.2) is 0 Å². The van der Waals surface area contributed by atoms with E-state index in [9.17, 15) is 9.50 Å². The lowest BCUT2D eigenvalue weighted by atomic mass is 10.1. The number of rotatable bonds is 5. The van der Waals surface area contributed by atoms with Crippen molar-refractivity contribution in [1.29, 1.82) is 0 Å². The lowest BCUT2D eigenvalue weighted by molar-refractivity contribution is 0.0995. The van der Waals surface area contributed by atoms with E-state index in [2.05, 4.69) is 21.2 Å². The second kappa shape index (κ2) is 6.88. The minimum atomic E-state index is -0.676. The molecule has 0 aliphatic carbocycles. The second-order valence-electron chi connectivity index (χ2n) is 5.29. The molecular formula is C13H18BrClFNO2. The molecule has 1 atom stereocenters. The molecule has 0 spiro atoms. The first-order chi connectivity index (χ1) is 8.69. The SMILES string of the molecule is CC(C)(C)NCC(O)COc1cc(F)c(Cl)cc1Br. The summed E-state index contributed by atoms with van der Waals surface area (Å²) in [6.45, 7) is 6.49. The molecule has 0 amide bonds. The Morgan fingerprint density at radius 3 is 2.68 bits per heavy atom. The fourth-order valence-corrected chi connectivity index (χ4v) is 2.04. The van der Waals surface area contributed by atoms with Gasteiger partial charge in [-0.1, -0.05) is 11.6 Å². The van der Waals surface area contributed by atoms with E-state index in [4.69, 9.17) is 16.3 Å². The van der Waals surface area contributed by atoms with Gasteiger partial charge in [0.1, 0.15) is 24.3 Å². The third-order valence-corrected chi connectivity index (χ3v) is 3.18. The van der Waals surface area contributed by atoms with Crippen LogP contribution in [0.25, 0.3) is 0 Å². The van der Waals surface area contributed by atoms with Crippen LogP contribution in [0, 0.1) is 5.82 Å². The van der Waals surface area contributed by atoms with E-state index in [1.54, 1.807) is 0 Å². The highest BCUT2D eigenvalue weighted by Gasteiger charge is 2.14. The van der Waals surface area contributed by atoms with Crippen molar-refractivity contribution in [2.75, 3.05) is 13.2 Å². The van der Waals surface area contributed by atoms with Crippen LogP contribution >= 0.6 is 27.5 Å². The summed E-state index contributed by atoms with van der Waals surface area (Å²) in [7, 11) is 0. The standard InChI is InChI=1S/C13H18BrClFNO2/c1-13(2,3)17-6-8(18)7-19-12-5-11(16)10(15)4-9(12)14/h4-5,8,17-18H,6-7H2,1-3H3. The zero-order valence-electron chi connectivity index (χ0n) is 11.1. The van der Waals surface area contributed by atoms with Crippen LogP contribution in [0.15, 0.2) is 16.6 Å². The number of hydrogen-bond donors (Lipinski definition) is 2. The van der Waals surface area contributed by atoms with Crippen LogP contribution in [0.3, 0.4) is 0 Å². The maximum Gasteiger partial charge on any atom is 0.145 e. The molecule has 0 saturated heterocycles. The molecule has 1 rings (SSSR count). The van der Waals surface area contributed by atoms with Crippen molar-refractivity contribution in [2.45, 2.75) is 32.4 Å². The molecule has 0 aromatic heterocycles. The van der Waals surface area contributed by atoms with Crippen LogP contribution in [0.5, 0.6) is 5.75 Å². The minimum absolute atomic E-state index is 0.0224. The Morgan fingerprint density at radius 2 is 2.11 bits per heavy atom. The number of halogens is 3. The summed E-state index contributed by atoms with van der Waals surface area (Å²) in [4.78, 5) is 0. The first-order valence-corrected chi connectivity index (χ1v) is 7.06. The molecule has 6 heteroatoms. The lowest BCUT2D eigenvalue weighted by Gasteiger charge is -2.23. The molecule has 1 unspecified atom stereocenters. The third kappa shape index (κ3) is 6.08. The Balaban J connectivity index is 2.51. The van der Waals surface area contributed by atoms with E-state index in [0.29, 0.717) is 16.8 Å². The van der Waals surface area contributed by atoms with Gasteiger partial charge in [0.25, 0.3) is 0 Å². The maximum absolute atomic E-state index is 13.3. The highest BCUT2D eigenvalue weighted by Crippen LogP contribution is 2.30. The zero-order valence-corrected chi connectivity index (χ0v) is 13.5. The van der Waals surface area contributed by atoms with E-state index in [-0.39, 0.29) is 17.2 Å². The van der Waals surface area contributed by atoms with Crippen molar-refractivity contribution in [3.05, 3.63) is 27.4 Å². The van der Waals surface area contributed by atoms with Gasteiger partial charge < -0.3 is 15.2 Å². The molecule has 0 heterocycles. The second-order valence-corrected chi connectivity index (χ2v) is 6.55. The maximum atomic E-state index is 13.3. The van der Waals surface area contributed by atoms with E-state index in [0.717, 1.165) is 0 Å². The number of aliphatic hydroxyl groups is 1. The quantitative estimate of drug-likeness (QED) is 0.797. The zero-order chi connectivity index (χ0) is 14.6. The number of β-amino-alcohol motifs (C(OH)–C–C–N with tert-alkyl or cyclic N) is 1. The number of aliphatic hydroxyl groups excluding tert-OH is 1. The summed E-state index contributed by atoms with van der Waals surface area (Å²) in [5, 5.41) is 12.9. The van der Waals surface area contributed by atoms with Crippen molar-refractivity contribution in [2.24, 2.45) is 0 Å². The molecule has 19 heavy (non-hydrogen) atoms. The number of benzene rings is 1. The predicted octanol–water partition coefficient (Wildman–Crippen LogP) is 3.37. The normalized spacial score (nSPS) is 13.4. The van der Waals surface area contributed by atoms with E-state index < -0.39 is 11.9 Å². The van der Waals surface area contributed by atoms with Crippen molar-refractivity contribution < 1.29 is 14.2 Å². The highest BCUT2D eigenvalue weighted by atomic mass is 79.9. The molecule has 0 aliphatic rings. The molecule has 3 nitrogen and oxygen atoms in total. The average molecular weight is 355 g/mol. The van der Waals surface area contributed by atoms with E-state index >= 15 is 0 Å². The molecule has 2 N–H and O–H groups in total. The van der Waals surface area contributed by atoms with Gasteiger partial charge in [0.05, 0.1) is 9.50 Å². The van der Waals surface area contributed by atoms with Crippen LogP contribution in [-0.4, -0.2) is 29.9 Å². The summed E-state index contributed by atoms with van der Waals surface area (Å²) >= 11 is 8.86. The summed E-state index contributed by atoms with van der Waals surface area (Å²) in [5.41, 5.74) is -0.0755. The summed E-state index contributed by atoms with van der Waals surface area (Å²) in [5.74, 6) is -0.237. The van der Waals surface area contributed by atoms with Gasteiger partial charge in [-0.3, -0.25) is 0 Å². The monoisotopic (exact) mass is 353 g/mol. The fraction of sp³-hybridized carbons (Fsp3) is 0.538. The van der Waals surface area contributed by atoms with Crippen molar-refractivity contribution >= 4 is 27.5 Å². The number of nitrogens with one attached hydrogen (secondary N) is 1. The lowest BCUT2D eigenvalue weighted by Crippen LogP contribution is -2.42. The molecule has 1 aromatic carbocycles. The largest absolute Gasteiger partial charge is 0.490 e. The Hall–Kier alpha value is -0.360. The molecule has 0 radical (unpaired) electrons. The number of hydrogen-bond acceptors (Lipinski definition) is 3. The summed E-state index contributed by atoms with van der Waals surface area (Å²) in [6.07, 6.45) is -0.676. The molecule has 0 saturated carbocycles. The van der Waals surface area contributed by atoms with E-state index in [1.165, 1.54) is 12.1 Å². The molecule has 0 fully saturated rings. The summed E-state index contributed by atoms with van der Waals surface area (Å²) < 4.78 is 19.2. The van der Waals surface area contributed by atoms with Crippen LogP contribution in [0.4, 0.5) is 4.39 Å². The van der Waals surface area contributed by atoms with Gasteiger partial charge in [-0.05, 0) is 42.8 Å². The van der Waals surface area contributed by atoms with Gasteiger partial charge in [0.2, 0.25) is 0 Å². The molecule has 1 aromatic rings. The van der Waals surface area contributed by atoms with Gasteiger partial charge in [0, 0.05) is 18.2 Å². The van der Waals surface area contributed by atoms with Crippen molar-refractivity contribution in [1.82, 2.24) is 5.32 Å². The number of ether oxygens (including phenoxy) is 1. The van der Waals surface area contributed by atoms with Crippen LogP contribution in [0.1, 0.15) is 20.8 Å².